The van der Waals surface area contributed by atoms with Crippen molar-refractivity contribution < 1.29 is 22.7 Å². The number of hydrogen-bond donors (Lipinski definition) is 0. The van der Waals surface area contributed by atoms with Crippen molar-refractivity contribution in [3.8, 4) is 5.75 Å². The Balaban J connectivity index is 3.29. The highest BCUT2D eigenvalue weighted by molar-refractivity contribution is 9.10. The Morgan fingerprint density at radius 3 is 2.58 bits per heavy atom. The zero-order chi connectivity index (χ0) is 14.6. The van der Waals surface area contributed by atoms with E-state index in [9.17, 15) is 18.0 Å². The number of ether oxygens (including phenoxy) is 1. The number of benzene rings is 1. The fourth-order valence-corrected chi connectivity index (χ4v) is 2.37. The molecule has 1 atom stereocenters. The Kier molecular flexibility index (Phi) is 5.73. The zero-order valence-electron chi connectivity index (χ0n) is 10.3. The van der Waals surface area contributed by atoms with E-state index in [2.05, 4.69) is 15.9 Å². The number of Topliss-reactive ketones (excluding diaryl/α,β-unsaturated/α-hetero) is 1. The van der Waals surface area contributed by atoms with E-state index in [4.69, 9.17) is 4.74 Å². The summed E-state index contributed by atoms with van der Waals surface area (Å²) >= 11 is 2.77. The van der Waals surface area contributed by atoms with Crippen molar-refractivity contribution in [1.29, 1.82) is 0 Å². The summed E-state index contributed by atoms with van der Waals surface area (Å²) in [6.45, 7) is 3.54. The number of ketones is 1. The van der Waals surface area contributed by atoms with Crippen molar-refractivity contribution in [2.45, 2.75) is 29.1 Å². The van der Waals surface area contributed by atoms with Gasteiger partial charge in [0.25, 0.3) is 0 Å². The molecule has 0 bridgehead atoms. The first kappa shape index (κ1) is 16.4. The van der Waals surface area contributed by atoms with Crippen LogP contribution in [0, 0.1) is 0 Å². The normalized spacial score (nSPS) is 13.2. The van der Waals surface area contributed by atoms with Gasteiger partial charge in [0.1, 0.15) is 5.75 Å². The summed E-state index contributed by atoms with van der Waals surface area (Å²) in [7, 11) is 0. The van der Waals surface area contributed by atoms with Crippen LogP contribution >= 0.6 is 27.7 Å². The molecule has 0 spiro atoms. The summed E-state index contributed by atoms with van der Waals surface area (Å²) in [6, 6.07) is 4.20. The summed E-state index contributed by atoms with van der Waals surface area (Å²) < 4.78 is 42.7. The van der Waals surface area contributed by atoms with Gasteiger partial charge in [0.2, 0.25) is 0 Å². The minimum Gasteiger partial charge on any atom is -0.493 e. The van der Waals surface area contributed by atoms with Crippen molar-refractivity contribution in [2.75, 3.05) is 6.61 Å². The summed E-state index contributed by atoms with van der Waals surface area (Å²) in [4.78, 5) is 11.3. The number of carbonyl (C=O) groups is 1. The van der Waals surface area contributed by atoms with Gasteiger partial charge in [0, 0.05) is 4.90 Å². The molecule has 106 valence electrons. The molecule has 0 saturated heterocycles. The lowest BCUT2D eigenvalue weighted by Gasteiger charge is -2.15. The first-order valence-electron chi connectivity index (χ1n) is 5.46. The van der Waals surface area contributed by atoms with Crippen molar-refractivity contribution in [1.82, 2.24) is 0 Å². The highest BCUT2D eigenvalue weighted by Gasteiger charge is 2.33. The first-order valence-corrected chi connectivity index (χ1v) is 7.19. The third kappa shape index (κ3) is 4.72. The molecule has 0 aliphatic carbocycles. The zero-order valence-corrected chi connectivity index (χ0v) is 12.7. The van der Waals surface area contributed by atoms with Crippen LogP contribution in [0.4, 0.5) is 13.2 Å². The van der Waals surface area contributed by atoms with E-state index >= 15 is 0 Å². The third-order valence-electron chi connectivity index (χ3n) is 2.12. The quantitative estimate of drug-likeness (QED) is 0.436. The number of halogens is 4. The van der Waals surface area contributed by atoms with Crippen LogP contribution in [0.5, 0.6) is 5.75 Å². The second-order valence-electron chi connectivity index (χ2n) is 3.59. The molecule has 1 rings (SSSR count). The SMILES string of the molecule is CCOc1cccc(SC(F)(F)F)c1C(=O)C(C)Br. The lowest BCUT2D eigenvalue weighted by atomic mass is 10.1. The van der Waals surface area contributed by atoms with Crippen LogP contribution in [0.25, 0.3) is 0 Å². The van der Waals surface area contributed by atoms with Crippen molar-refractivity contribution in [3.05, 3.63) is 23.8 Å². The van der Waals surface area contributed by atoms with Crippen LogP contribution in [0.2, 0.25) is 0 Å². The number of alkyl halides is 4. The maximum atomic E-state index is 12.5. The molecule has 0 radical (unpaired) electrons. The molecule has 7 heteroatoms. The minimum absolute atomic E-state index is 0.0314. The molecule has 0 saturated carbocycles. The van der Waals surface area contributed by atoms with Crippen molar-refractivity contribution >= 4 is 33.5 Å². The number of rotatable bonds is 5. The van der Waals surface area contributed by atoms with Gasteiger partial charge in [-0.15, -0.1) is 0 Å². The number of thioether (sulfide) groups is 1. The molecular weight excluding hydrogens is 345 g/mol. The first-order chi connectivity index (χ1) is 8.76. The molecular formula is C12H12BrF3O2S. The predicted octanol–water partition coefficient (Wildman–Crippen LogP) is 4.66. The maximum Gasteiger partial charge on any atom is 0.446 e. The van der Waals surface area contributed by atoms with E-state index in [-0.39, 0.29) is 34.6 Å². The van der Waals surface area contributed by atoms with Gasteiger partial charge in [0.15, 0.2) is 5.78 Å². The molecule has 1 aromatic rings. The van der Waals surface area contributed by atoms with Crippen molar-refractivity contribution in [2.24, 2.45) is 0 Å². The molecule has 19 heavy (non-hydrogen) atoms. The van der Waals surface area contributed by atoms with Gasteiger partial charge in [-0.2, -0.15) is 13.2 Å². The van der Waals surface area contributed by atoms with Gasteiger partial charge in [-0.1, -0.05) is 22.0 Å². The van der Waals surface area contributed by atoms with Gasteiger partial charge >= 0.3 is 5.51 Å². The average Bonchev–Trinajstić information content (AvgIpc) is 2.26. The van der Waals surface area contributed by atoms with Crippen LogP contribution in [0.1, 0.15) is 24.2 Å². The molecule has 0 fully saturated rings. The van der Waals surface area contributed by atoms with E-state index in [1.165, 1.54) is 18.2 Å². The smallest absolute Gasteiger partial charge is 0.446 e. The highest BCUT2D eigenvalue weighted by atomic mass is 79.9. The Hall–Kier alpha value is -0.690. The van der Waals surface area contributed by atoms with Crippen LogP contribution < -0.4 is 4.74 Å². The molecule has 0 heterocycles. The van der Waals surface area contributed by atoms with E-state index in [1.807, 2.05) is 0 Å². The van der Waals surface area contributed by atoms with Gasteiger partial charge in [-0.3, -0.25) is 4.79 Å². The van der Waals surface area contributed by atoms with E-state index < -0.39 is 16.1 Å². The van der Waals surface area contributed by atoms with Gasteiger partial charge in [-0.05, 0) is 37.7 Å². The van der Waals surface area contributed by atoms with Crippen LogP contribution in [-0.4, -0.2) is 22.7 Å². The molecule has 0 aromatic heterocycles. The third-order valence-corrected chi connectivity index (χ3v) is 3.33. The Morgan fingerprint density at radius 2 is 2.11 bits per heavy atom. The maximum absolute atomic E-state index is 12.5. The Bertz CT molecular complexity index is 461. The fourth-order valence-electron chi connectivity index (χ4n) is 1.44. The summed E-state index contributed by atoms with van der Waals surface area (Å²) in [6.07, 6.45) is 0. The van der Waals surface area contributed by atoms with Crippen LogP contribution in [0.15, 0.2) is 23.1 Å². The fraction of sp³-hybridized carbons (Fsp3) is 0.417. The summed E-state index contributed by atoms with van der Waals surface area (Å²) in [5, 5.41) is 0. The van der Waals surface area contributed by atoms with Crippen LogP contribution in [-0.2, 0) is 0 Å². The lowest BCUT2D eigenvalue weighted by Crippen LogP contribution is -2.14. The number of carbonyl (C=O) groups excluding carboxylic acids is 1. The highest BCUT2D eigenvalue weighted by Crippen LogP contribution is 2.41. The van der Waals surface area contributed by atoms with E-state index in [1.54, 1.807) is 13.8 Å². The molecule has 0 amide bonds. The van der Waals surface area contributed by atoms with Gasteiger partial charge in [-0.25, -0.2) is 0 Å². The molecule has 2 nitrogen and oxygen atoms in total. The molecule has 0 aliphatic rings. The summed E-state index contributed by atoms with van der Waals surface area (Å²) in [5.74, 6) is -0.260. The molecule has 0 aliphatic heterocycles. The molecule has 0 N–H and O–H groups in total. The van der Waals surface area contributed by atoms with Crippen molar-refractivity contribution in [3.63, 3.8) is 0 Å². The van der Waals surface area contributed by atoms with E-state index in [0.717, 1.165) is 0 Å². The minimum atomic E-state index is -4.45. The van der Waals surface area contributed by atoms with Crippen LogP contribution in [0.3, 0.4) is 0 Å². The average molecular weight is 357 g/mol. The lowest BCUT2D eigenvalue weighted by molar-refractivity contribution is -0.0328. The van der Waals surface area contributed by atoms with Gasteiger partial charge < -0.3 is 4.74 Å². The predicted molar refractivity (Wildman–Crippen MR) is 72.2 cm³/mol. The molecule has 1 aromatic carbocycles. The van der Waals surface area contributed by atoms with E-state index in [0.29, 0.717) is 0 Å². The Labute approximate surface area is 121 Å². The molecule has 1 unspecified atom stereocenters. The standard InChI is InChI=1S/C12H12BrF3O2S/c1-3-18-8-5-4-6-9(19-12(14,15)16)10(8)11(17)7(2)13/h4-7H,3H2,1-2H3. The monoisotopic (exact) mass is 356 g/mol. The second kappa shape index (κ2) is 6.65. The topological polar surface area (TPSA) is 26.3 Å². The van der Waals surface area contributed by atoms with Gasteiger partial charge in [0.05, 0.1) is 17.0 Å². The summed E-state index contributed by atoms with van der Waals surface area (Å²) in [5.41, 5.74) is -4.48. The Morgan fingerprint density at radius 1 is 1.47 bits per heavy atom. The second-order valence-corrected chi connectivity index (χ2v) is 6.07. The largest absolute Gasteiger partial charge is 0.493 e. The number of hydrogen-bond acceptors (Lipinski definition) is 3.